The van der Waals surface area contributed by atoms with E-state index in [2.05, 4.69) is 34.6 Å². The van der Waals surface area contributed by atoms with E-state index in [-0.39, 0.29) is 31.1 Å². The highest BCUT2D eigenvalue weighted by Crippen LogP contribution is 2.17. The highest BCUT2D eigenvalue weighted by molar-refractivity contribution is 5.71. The number of unbranched alkanes of at least 4 members (excludes halogenated alkanes) is 27. The molecule has 55 heavy (non-hydrogen) atoms. The lowest BCUT2D eigenvalue weighted by atomic mass is 9.99. The van der Waals surface area contributed by atoms with Gasteiger partial charge < -0.3 is 14.2 Å². The molecule has 0 rings (SSSR count). The Balaban J connectivity index is 4.31. The standard InChI is InChI=1S/C49H94O6/c1-6-8-9-10-11-12-19-26-31-36-41-49(52)55-46(42-53-47(50)39-34-29-24-20-15-13-17-22-27-32-37-44(3)4)43-54-48(51)40-35-30-25-21-16-14-18-23-28-33-38-45(5)7-2/h44-46H,6-43H2,1-5H3/t45?,46-/m1/s1. The van der Waals surface area contributed by atoms with Crippen LogP contribution in [0.25, 0.3) is 0 Å². The molecule has 0 fully saturated rings. The van der Waals surface area contributed by atoms with Gasteiger partial charge in [0.15, 0.2) is 6.10 Å². The summed E-state index contributed by atoms with van der Waals surface area (Å²) in [4.78, 5) is 37.8. The van der Waals surface area contributed by atoms with Crippen LogP contribution in [0.15, 0.2) is 0 Å². The topological polar surface area (TPSA) is 78.9 Å². The molecule has 0 saturated heterocycles. The average molecular weight is 779 g/mol. The van der Waals surface area contributed by atoms with E-state index >= 15 is 0 Å². The van der Waals surface area contributed by atoms with Crippen molar-refractivity contribution in [1.29, 1.82) is 0 Å². The summed E-state index contributed by atoms with van der Waals surface area (Å²) in [5.41, 5.74) is 0. The van der Waals surface area contributed by atoms with Gasteiger partial charge in [-0.15, -0.1) is 0 Å². The first-order valence-corrected chi connectivity index (χ1v) is 24.3. The van der Waals surface area contributed by atoms with Gasteiger partial charge in [-0.25, -0.2) is 0 Å². The predicted octanol–water partition coefficient (Wildman–Crippen LogP) is 15.4. The van der Waals surface area contributed by atoms with E-state index in [0.29, 0.717) is 19.3 Å². The minimum absolute atomic E-state index is 0.0645. The van der Waals surface area contributed by atoms with Crippen molar-refractivity contribution in [3.63, 3.8) is 0 Å². The first-order valence-electron chi connectivity index (χ1n) is 24.3. The molecule has 2 atom stereocenters. The maximum atomic E-state index is 12.7. The van der Waals surface area contributed by atoms with Gasteiger partial charge in [-0.3, -0.25) is 14.4 Å². The molecule has 0 aromatic rings. The van der Waals surface area contributed by atoms with Crippen molar-refractivity contribution in [1.82, 2.24) is 0 Å². The van der Waals surface area contributed by atoms with Crippen molar-refractivity contribution >= 4 is 17.9 Å². The van der Waals surface area contributed by atoms with Crippen molar-refractivity contribution in [2.45, 2.75) is 272 Å². The van der Waals surface area contributed by atoms with Gasteiger partial charge in [-0.2, -0.15) is 0 Å². The van der Waals surface area contributed by atoms with E-state index in [9.17, 15) is 14.4 Å². The molecule has 0 aliphatic rings. The Kier molecular flexibility index (Phi) is 40.8. The summed E-state index contributed by atoms with van der Waals surface area (Å²) in [6.07, 6.45) is 40.8. The van der Waals surface area contributed by atoms with Gasteiger partial charge in [0.05, 0.1) is 0 Å². The summed E-state index contributed by atoms with van der Waals surface area (Å²) < 4.78 is 16.7. The molecule has 0 spiro atoms. The Hall–Kier alpha value is -1.59. The fourth-order valence-electron chi connectivity index (χ4n) is 7.25. The van der Waals surface area contributed by atoms with E-state index in [1.807, 2.05) is 0 Å². The number of esters is 3. The molecule has 0 aliphatic heterocycles. The Morgan fingerprint density at radius 3 is 1.04 bits per heavy atom. The second-order valence-corrected chi connectivity index (χ2v) is 17.5. The summed E-state index contributed by atoms with van der Waals surface area (Å²) in [5.74, 6) is 0.834. The lowest BCUT2D eigenvalue weighted by molar-refractivity contribution is -0.167. The molecule has 6 heteroatoms. The first kappa shape index (κ1) is 53.4. The van der Waals surface area contributed by atoms with E-state index < -0.39 is 6.10 Å². The minimum Gasteiger partial charge on any atom is -0.462 e. The summed E-state index contributed by atoms with van der Waals surface area (Å²) in [6, 6.07) is 0. The van der Waals surface area contributed by atoms with Crippen LogP contribution >= 0.6 is 0 Å². The molecule has 0 aromatic carbocycles. The van der Waals surface area contributed by atoms with Crippen LogP contribution < -0.4 is 0 Å². The van der Waals surface area contributed by atoms with Crippen LogP contribution in [0.2, 0.25) is 0 Å². The number of hydrogen-bond acceptors (Lipinski definition) is 6. The van der Waals surface area contributed by atoms with Crippen molar-refractivity contribution < 1.29 is 28.6 Å². The van der Waals surface area contributed by atoms with Gasteiger partial charge in [-0.05, 0) is 31.1 Å². The molecule has 0 heterocycles. The lowest BCUT2D eigenvalue weighted by Crippen LogP contribution is -2.30. The Bertz CT molecular complexity index is 841. The van der Waals surface area contributed by atoms with Crippen molar-refractivity contribution in [2.24, 2.45) is 11.8 Å². The lowest BCUT2D eigenvalue weighted by Gasteiger charge is -2.18. The number of carbonyl (C=O) groups is 3. The maximum Gasteiger partial charge on any atom is 0.306 e. The van der Waals surface area contributed by atoms with E-state index in [1.54, 1.807) is 0 Å². The quantitative estimate of drug-likeness (QED) is 0.0348. The summed E-state index contributed by atoms with van der Waals surface area (Å²) in [7, 11) is 0. The summed E-state index contributed by atoms with van der Waals surface area (Å²) in [6.45, 7) is 11.4. The molecule has 0 aliphatic carbocycles. The minimum atomic E-state index is -0.760. The van der Waals surface area contributed by atoms with Crippen molar-refractivity contribution in [3.05, 3.63) is 0 Å². The van der Waals surface area contributed by atoms with E-state index in [4.69, 9.17) is 14.2 Å². The van der Waals surface area contributed by atoms with Crippen LogP contribution in [0.4, 0.5) is 0 Å². The largest absolute Gasteiger partial charge is 0.462 e. The average Bonchev–Trinajstić information content (AvgIpc) is 3.17. The van der Waals surface area contributed by atoms with Gasteiger partial charge in [0.1, 0.15) is 13.2 Å². The molecule has 0 radical (unpaired) electrons. The third-order valence-corrected chi connectivity index (χ3v) is 11.3. The Morgan fingerprint density at radius 2 is 0.691 bits per heavy atom. The molecule has 6 nitrogen and oxygen atoms in total. The number of carbonyl (C=O) groups excluding carboxylic acids is 3. The molecule has 0 aromatic heterocycles. The third-order valence-electron chi connectivity index (χ3n) is 11.3. The molecule has 0 amide bonds. The number of rotatable bonds is 43. The first-order chi connectivity index (χ1) is 26.8. The fourth-order valence-corrected chi connectivity index (χ4v) is 7.25. The molecular formula is C49H94O6. The van der Waals surface area contributed by atoms with Crippen LogP contribution in [0.1, 0.15) is 266 Å². The van der Waals surface area contributed by atoms with Gasteiger partial charge in [0.2, 0.25) is 0 Å². The monoisotopic (exact) mass is 779 g/mol. The van der Waals surface area contributed by atoms with E-state index in [0.717, 1.165) is 69.6 Å². The van der Waals surface area contributed by atoms with Crippen molar-refractivity contribution in [3.8, 4) is 0 Å². The molecule has 0 bridgehead atoms. The van der Waals surface area contributed by atoms with Gasteiger partial charge in [0, 0.05) is 19.3 Å². The maximum absolute atomic E-state index is 12.7. The highest BCUT2D eigenvalue weighted by atomic mass is 16.6. The smallest absolute Gasteiger partial charge is 0.306 e. The molecular weight excluding hydrogens is 685 g/mol. The normalized spacial score (nSPS) is 12.5. The zero-order valence-electron chi connectivity index (χ0n) is 37.6. The van der Waals surface area contributed by atoms with Gasteiger partial charge in [-0.1, -0.05) is 227 Å². The van der Waals surface area contributed by atoms with Crippen LogP contribution in [0, 0.1) is 11.8 Å². The van der Waals surface area contributed by atoms with Crippen LogP contribution in [-0.4, -0.2) is 37.2 Å². The number of hydrogen-bond donors (Lipinski definition) is 0. The number of ether oxygens (including phenoxy) is 3. The molecule has 326 valence electrons. The van der Waals surface area contributed by atoms with Gasteiger partial charge in [0.25, 0.3) is 0 Å². The van der Waals surface area contributed by atoms with Crippen molar-refractivity contribution in [2.75, 3.05) is 13.2 Å². The van der Waals surface area contributed by atoms with Crippen LogP contribution in [0.5, 0.6) is 0 Å². The Morgan fingerprint density at radius 1 is 0.382 bits per heavy atom. The summed E-state index contributed by atoms with van der Waals surface area (Å²) >= 11 is 0. The molecule has 0 N–H and O–H groups in total. The van der Waals surface area contributed by atoms with E-state index in [1.165, 1.54) is 154 Å². The Labute approximate surface area is 342 Å². The van der Waals surface area contributed by atoms with Gasteiger partial charge >= 0.3 is 17.9 Å². The summed E-state index contributed by atoms with van der Waals surface area (Å²) in [5, 5.41) is 0. The molecule has 0 saturated carbocycles. The SMILES string of the molecule is CCCCCCCCCCCCC(=O)O[C@H](COC(=O)CCCCCCCCCCCCC(C)C)COC(=O)CCCCCCCCCCCCC(C)CC. The zero-order chi connectivity index (χ0) is 40.5. The second kappa shape index (κ2) is 42.0. The zero-order valence-corrected chi connectivity index (χ0v) is 37.6. The van der Waals surface area contributed by atoms with Crippen LogP contribution in [-0.2, 0) is 28.6 Å². The molecule has 1 unspecified atom stereocenters. The van der Waals surface area contributed by atoms with Crippen LogP contribution in [0.3, 0.4) is 0 Å². The third kappa shape index (κ3) is 41.9. The fraction of sp³-hybridized carbons (Fsp3) is 0.939. The highest BCUT2D eigenvalue weighted by Gasteiger charge is 2.19. The second-order valence-electron chi connectivity index (χ2n) is 17.5. The predicted molar refractivity (Wildman–Crippen MR) is 233 cm³/mol.